The minimum Gasteiger partial charge on any atom is -0.326 e. The average molecular weight is 219 g/mol. The molecule has 0 spiro atoms. The second-order valence-corrected chi connectivity index (χ2v) is 4.87. The Hall–Kier alpha value is -1.31. The van der Waals surface area contributed by atoms with Gasteiger partial charge in [0.15, 0.2) is 0 Å². The van der Waals surface area contributed by atoms with E-state index in [1.165, 1.54) is 0 Å². The van der Waals surface area contributed by atoms with Crippen molar-refractivity contribution in [3.8, 4) is 0 Å². The Kier molecular flexibility index (Phi) is 4.53. The van der Waals surface area contributed by atoms with Crippen LogP contribution >= 0.6 is 0 Å². The van der Waals surface area contributed by atoms with E-state index in [9.17, 15) is 4.79 Å². The fraction of sp³-hybridized carbons (Fsp3) is 0.500. The summed E-state index contributed by atoms with van der Waals surface area (Å²) >= 11 is 0. The van der Waals surface area contributed by atoms with Gasteiger partial charge in [0.2, 0.25) is 5.91 Å². The molecule has 1 aromatic rings. The van der Waals surface area contributed by atoms with Crippen LogP contribution in [0.3, 0.4) is 0 Å². The van der Waals surface area contributed by atoms with E-state index in [4.69, 9.17) is 0 Å². The van der Waals surface area contributed by atoms with Crippen molar-refractivity contribution in [2.45, 2.75) is 27.7 Å². The van der Waals surface area contributed by atoms with Crippen LogP contribution in [0.2, 0.25) is 0 Å². The predicted molar refractivity (Wildman–Crippen MR) is 68.2 cm³/mol. The van der Waals surface area contributed by atoms with Gasteiger partial charge in [-0.2, -0.15) is 0 Å². The lowest BCUT2D eigenvalue weighted by Gasteiger charge is -2.23. The van der Waals surface area contributed by atoms with Gasteiger partial charge in [-0.25, -0.2) is 0 Å². The van der Waals surface area contributed by atoms with Crippen LogP contribution in [0.25, 0.3) is 0 Å². The van der Waals surface area contributed by atoms with Gasteiger partial charge in [-0.05, 0) is 24.0 Å². The van der Waals surface area contributed by atoms with Crippen molar-refractivity contribution in [3.63, 3.8) is 0 Å². The molecule has 2 nitrogen and oxygen atoms in total. The molecule has 0 aliphatic heterocycles. The summed E-state index contributed by atoms with van der Waals surface area (Å²) in [5.41, 5.74) is 0.874. The van der Waals surface area contributed by atoms with E-state index in [1.807, 2.05) is 30.3 Å². The average Bonchev–Trinajstić information content (AvgIpc) is 2.17. The summed E-state index contributed by atoms with van der Waals surface area (Å²) < 4.78 is 0. The van der Waals surface area contributed by atoms with Gasteiger partial charge >= 0.3 is 0 Å². The molecular weight excluding hydrogens is 198 g/mol. The summed E-state index contributed by atoms with van der Waals surface area (Å²) in [4.78, 5) is 12.1. The van der Waals surface area contributed by atoms with E-state index < -0.39 is 0 Å². The third-order valence-electron chi connectivity index (χ3n) is 2.78. The Labute approximate surface area is 98.1 Å². The highest BCUT2D eigenvalue weighted by atomic mass is 16.1. The Morgan fingerprint density at radius 3 is 1.94 bits per heavy atom. The number of anilines is 1. The number of carbonyl (C=O) groups excluding carboxylic acids is 1. The normalized spacial score (nSPS) is 11.2. The van der Waals surface area contributed by atoms with E-state index in [0.717, 1.165) is 5.69 Å². The van der Waals surface area contributed by atoms with Gasteiger partial charge in [0, 0.05) is 11.6 Å². The molecular formula is C14H21NO. The van der Waals surface area contributed by atoms with Crippen molar-refractivity contribution < 1.29 is 4.79 Å². The molecule has 0 unspecified atom stereocenters. The highest BCUT2D eigenvalue weighted by Gasteiger charge is 2.25. The maximum atomic E-state index is 12.1. The van der Waals surface area contributed by atoms with Crippen LogP contribution in [-0.4, -0.2) is 5.91 Å². The van der Waals surface area contributed by atoms with Crippen LogP contribution in [0, 0.1) is 17.8 Å². The molecule has 0 heterocycles. The number of para-hydroxylation sites is 1. The fourth-order valence-corrected chi connectivity index (χ4v) is 2.12. The molecule has 1 N–H and O–H groups in total. The number of carbonyl (C=O) groups is 1. The topological polar surface area (TPSA) is 29.1 Å². The predicted octanol–water partition coefficient (Wildman–Crippen LogP) is 3.55. The molecule has 1 amide bonds. The quantitative estimate of drug-likeness (QED) is 0.824. The molecule has 16 heavy (non-hydrogen) atoms. The highest BCUT2D eigenvalue weighted by molar-refractivity contribution is 5.92. The lowest BCUT2D eigenvalue weighted by Crippen LogP contribution is -2.30. The molecule has 1 aromatic carbocycles. The summed E-state index contributed by atoms with van der Waals surface area (Å²) in [6.45, 7) is 8.37. The van der Waals surface area contributed by atoms with E-state index in [2.05, 4.69) is 33.0 Å². The summed E-state index contributed by atoms with van der Waals surface area (Å²) in [5.74, 6) is 0.920. The van der Waals surface area contributed by atoms with Crippen molar-refractivity contribution in [2.24, 2.45) is 17.8 Å². The number of rotatable bonds is 4. The lowest BCUT2D eigenvalue weighted by molar-refractivity contribution is -0.122. The first-order chi connectivity index (χ1) is 7.52. The minimum absolute atomic E-state index is 0.0696. The van der Waals surface area contributed by atoms with E-state index in [1.54, 1.807) is 0 Å². The molecule has 0 atom stereocenters. The number of hydrogen-bond donors (Lipinski definition) is 1. The second kappa shape index (κ2) is 5.69. The first-order valence-corrected chi connectivity index (χ1v) is 5.88. The van der Waals surface area contributed by atoms with Crippen LogP contribution in [0.4, 0.5) is 5.69 Å². The molecule has 0 aliphatic carbocycles. The van der Waals surface area contributed by atoms with Gasteiger partial charge in [-0.1, -0.05) is 45.9 Å². The van der Waals surface area contributed by atoms with E-state index in [0.29, 0.717) is 11.8 Å². The maximum absolute atomic E-state index is 12.1. The molecule has 0 saturated heterocycles. The summed E-state index contributed by atoms with van der Waals surface area (Å²) in [6, 6.07) is 9.62. The molecule has 0 aromatic heterocycles. The number of amides is 1. The summed E-state index contributed by atoms with van der Waals surface area (Å²) in [6.07, 6.45) is 0. The number of hydrogen-bond acceptors (Lipinski definition) is 1. The Balaban J connectivity index is 2.70. The largest absolute Gasteiger partial charge is 0.326 e. The van der Waals surface area contributed by atoms with Crippen LogP contribution in [0.15, 0.2) is 30.3 Å². The SMILES string of the molecule is CC(C)C(C(=O)Nc1ccccc1)C(C)C. The van der Waals surface area contributed by atoms with Crippen LogP contribution in [-0.2, 0) is 4.79 Å². The van der Waals surface area contributed by atoms with Gasteiger partial charge < -0.3 is 5.32 Å². The highest BCUT2D eigenvalue weighted by Crippen LogP contribution is 2.22. The van der Waals surface area contributed by atoms with Crippen molar-refractivity contribution in [2.75, 3.05) is 5.32 Å². The second-order valence-electron chi connectivity index (χ2n) is 4.87. The van der Waals surface area contributed by atoms with Gasteiger partial charge in [0.1, 0.15) is 0 Å². The zero-order chi connectivity index (χ0) is 12.1. The first-order valence-electron chi connectivity index (χ1n) is 5.88. The van der Waals surface area contributed by atoms with Crippen molar-refractivity contribution in [1.82, 2.24) is 0 Å². The number of nitrogens with one attached hydrogen (secondary N) is 1. The third kappa shape index (κ3) is 3.37. The fourth-order valence-electron chi connectivity index (χ4n) is 2.12. The Morgan fingerprint density at radius 1 is 1.00 bits per heavy atom. The van der Waals surface area contributed by atoms with Crippen molar-refractivity contribution >= 4 is 11.6 Å². The first kappa shape index (κ1) is 12.8. The van der Waals surface area contributed by atoms with Gasteiger partial charge in [0.25, 0.3) is 0 Å². The number of benzene rings is 1. The minimum atomic E-state index is 0.0696. The maximum Gasteiger partial charge on any atom is 0.228 e. The van der Waals surface area contributed by atoms with Crippen molar-refractivity contribution in [1.29, 1.82) is 0 Å². The molecule has 0 saturated carbocycles. The van der Waals surface area contributed by atoms with E-state index >= 15 is 0 Å². The van der Waals surface area contributed by atoms with Crippen LogP contribution in [0.5, 0.6) is 0 Å². The Bertz CT molecular complexity index is 322. The van der Waals surface area contributed by atoms with E-state index in [-0.39, 0.29) is 11.8 Å². The van der Waals surface area contributed by atoms with Gasteiger partial charge in [0.05, 0.1) is 0 Å². The molecule has 0 bridgehead atoms. The molecule has 2 heteroatoms. The smallest absolute Gasteiger partial charge is 0.228 e. The lowest BCUT2D eigenvalue weighted by atomic mass is 9.85. The summed E-state index contributed by atoms with van der Waals surface area (Å²) in [5, 5.41) is 2.97. The van der Waals surface area contributed by atoms with Crippen molar-refractivity contribution in [3.05, 3.63) is 30.3 Å². The molecule has 0 radical (unpaired) electrons. The molecule has 0 fully saturated rings. The molecule has 1 rings (SSSR count). The third-order valence-corrected chi connectivity index (χ3v) is 2.78. The standard InChI is InChI=1S/C14H21NO/c1-10(2)13(11(3)4)14(16)15-12-8-6-5-7-9-12/h5-11,13H,1-4H3,(H,15,16). The Morgan fingerprint density at radius 2 is 1.50 bits per heavy atom. The zero-order valence-corrected chi connectivity index (χ0v) is 10.5. The summed E-state index contributed by atoms with van der Waals surface area (Å²) in [7, 11) is 0. The molecule has 0 aliphatic rings. The zero-order valence-electron chi connectivity index (χ0n) is 10.5. The van der Waals surface area contributed by atoms with Crippen LogP contribution < -0.4 is 5.32 Å². The molecule has 88 valence electrons. The van der Waals surface area contributed by atoms with Gasteiger partial charge in [-0.15, -0.1) is 0 Å². The van der Waals surface area contributed by atoms with Crippen LogP contribution in [0.1, 0.15) is 27.7 Å². The monoisotopic (exact) mass is 219 g/mol. The van der Waals surface area contributed by atoms with Gasteiger partial charge in [-0.3, -0.25) is 4.79 Å².